The number of carbonyl (C=O) groups is 1. The lowest BCUT2D eigenvalue weighted by Crippen LogP contribution is -2.44. The van der Waals surface area contributed by atoms with Crippen molar-refractivity contribution in [1.82, 2.24) is 0 Å². The van der Waals surface area contributed by atoms with Crippen LogP contribution >= 0.6 is 11.3 Å². The summed E-state index contributed by atoms with van der Waals surface area (Å²) in [6.45, 7) is 3.76. The van der Waals surface area contributed by atoms with E-state index >= 15 is 0 Å². The van der Waals surface area contributed by atoms with Crippen LogP contribution in [0.2, 0.25) is 0 Å². The second-order valence-corrected chi connectivity index (χ2v) is 6.93. The van der Waals surface area contributed by atoms with Gasteiger partial charge in [0.2, 0.25) is 0 Å². The van der Waals surface area contributed by atoms with Crippen molar-refractivity contribution < 1.29 is 4.79 Å². The SMILES string of the molecule is Cc1cc(C(=O)N2CCN(C3CC3)c3ccccc32)cs1. The number of carbonyl (C=O) groups excluding carboxylic acids is 1. The Morgan fingerprint density at radius 3 is 2.62 bits per heavy atom. The van der Waals surface area contributed by atoms with Gasteiger partial charge in [0.15, 0.2) is 0 Å². The Morgan fingerprint density at radius 2 is 1.95 bits per heavy atom. The first-order chi connectivity index (χ1) is 10.2. The maximum atomic E-state index is 12.8. The Bertz CT molecular complexity index is 690. The number of para-hydroxylation sites is 2. The highest BCUT2D eigenvalue weighted by molar-refractivity contribution is 7.10. The van der Waals surface area contributed by atoms with Gasteiger partial charge in [-0.2, -0.15) is 0 Å². The lowest BCUT2D eigenvalue weighted by atomic mass is 10.1. The molecule has 2 heterocycles. The van der Waals surface area contributed by atoms with E-state index in [0.29, 0.717) is 6.04 Å². The van der Waals surface area contributed by atoms with Crippen LogP contribution in [0.4, 0.5) is 11.4 Å². The molecule has 2 aromatic rings. The summed E-state index contributed by atoms with van der Waals surface area (Å²) in [6, 6.07) is 11.0. The fraction of sp³-hybridized carbons (Fsp3) is 0.353. The predicted molar refractivity (Wildman–Crippen MR) is 87.5 cm³/mol. The minimum Gasteiger partial charge on any atom is -0.365 e. The van der Waals surface area contributed by atoms with Gasteiger partial charge >= 0.3 is 0 Å². The van der Waals surface area contributed by atoms with E-state index in [0.717, 1.165) is 24.3 Å². The van der Waals surface area contributed by atoms with Crippen LogP contribution in [0.3, 0.4) is 0 Å². The van der Waals surface area contributed by atoms with Gasteiger partial charge < -0.3 is 9.80 Å². The number of benzene rings is 1. The Hall–Kier alpha value is -1.81. The van der Waals surface area contributed by atoms with E-state index < -0.39 is 0 Å². The van der Waals surface area contributed by atoms with Crippen LogP contribution in [-0.2, 0) is 0 Å². The third-order valence-electron chi connectivity index (χ3n) is 4.26. The van der Waals surface area contributed by atoms with Gasteiger partial charge in [-0.3, -0.25) is 4.79 Å². The van der Waals surface area contributed by atoms with Crippen LogP contribution in [0.1, 0.15) is 28.1 Å². The van der Waals surface area contributed by atoms with Crippen molar-refractivity contribution in [2.24, 2.45) is 0 Å². The van der Waals surface area contributed by atoms with Crippen LogP contribution in [0.25, 0.3) is 0 Å². The molecule has 0 atom stereocenters. The Balaban J connectivity index is 1.70. The van der Waals surface area contributed by atoms with E-state index in [9.17, 15) is 4.79 Å². The van der Waals surface area contributed by atoms with E-state index in [-0.39, 0.29) is 5.91 Å². The molecule has 0 saturated heterocycles. The molecule has 4 heteroatoms. The highest BCUT2D eigenvalue weighted by Crippen LogP contribution is 2.40. The van der Waals surface area contributed by atoms with Crippen LogP contribution in [0, 0.1) is 6.92 Å². The molecule has 0 unspecified atom stereocenters. The van der Waals surface area contributed by atoms with Gasteiger partial charge in [-0.25, -0.2) is 0 Å². The van der Waals surface area contributed by atoms with Gasteiger partial charge in [0.25, 0.3) is 5.91 Å². The molecule has 0 radical (unpaired) electrons. The summed E-state index contributed by atoms with van der Waals surface area (Å²) in [4.78, 5) is 18.4. The van der Waals surface area contributed by atoms with E-state index in [2.05, 4.69) is 23.1 Å². The van der Waals surface area contributed by atoms with E-state index in [4.69, 9.17) is 0 Å². The largest absolute Gasteiger partial charge is 0.365 e. The van der Waals surface area contributed by atoms with Crippen molar-refractivity contribution in [3.63, 3.8) is 0 Å². The molecule has 1 aromatic heterocycles. The highest BCUT2D eigenvalue weighted by atomic mass is 32.1. The average Bonchev–Trinajstić information content (AvgIpc) is 3.26. The fourth-order valence-corrected chi connectivity index (χ4v) is 3.75. The Kier molecular flexibility index (Phi) is 3.00. The van der Waals surface area contributed by atoms with Gasteiger partial charge in [-0.1, -0.05) is 12.1 Å². The molecule has 1 fully saturated rings. The van der Waals surface area contributed by atoms with E-state index in [1.165, 1.54) is 23.4 Å². The molecule has 0 spiro atoms. The number of thiophene rings is 1. The van der Waals surface area contributed by atoms with Crippen molar-refractivity contribution in [2.75, 3.05) is 22.9 Å². The molecule has 21 heavy (non-hydrogen) atoms. The summed E-state index contributed by atoms with van der Waals surface area (Å²) in [5.74, 6) is 0.127. The lowest BCUT2D eigenvalue weighted by molar-refractivity contribution is 0.0987. The number of hydrogen-bond acceptors (Lipinski definition) is 3. The molecule has 2 aliphatic rings. The van der Waals surface area contributed by atoms with Gasteiger partial charge in [-0.05, 0) is 38.0 Å². The molecule has 1 amide bonds. The van der Waals surface area contributed by atoms with Crippen LogP contribution in [0.5, 0.6) is 0 Å². The monoisotopic (exact) mass is 298 g/mol. The molecule has 1 aromatic carbocycles. The minimum atomic E-state index is 0.127. The number of nitrogens with zero attached hydrogens (tertiary/aromatic N) is 2. The van der Waals surface area contributed by atoms with Crippen LogP contribution < -0.4 is 9.80 Å². The summed E-state index contributed by atoms with van der Waals surface area (Å²) in [5, 5.41) is 1.97. The van der Waals surface area contributed by atoms with E-state index in [1.54, 1.807) is 11.3 Å². The maximum Gasteiger partial charge on any atom is 0.259 e. The first kappa shape index (κ1) is 12.9. The van der Waals surface area contributed by atoms with E-state index in [1.807, 2.05) is 29.3 Å². The van der Waals surface area contributed by atoms with Crippen molar-refractivity contribution in [1.29, 1.82) is 0 Å². The van der Waals surface area contributed by atoms with Crippen molar-refractivity contribution in [2.45, 2.75) is 25.8 Å². The molecule has 108 valence electrons. The second-order valence-electron chi connectivity index (χ2n) is 5.82. The molecular weight excluding hydrogens is 280 g/mol. The number of hydrogen-bond donors (Lipinski definition) is 0. The number of anilines is 2. The zero-order valence-corrected chi connectivity index (χ0v) is 12.9. The van der Waals surface area contributed by atoms with Gasteiger partial charge in [0.1, 0.15) is 0 Å². The van der Waals surface area contributed by atoms with Gasteiger partial charge in [-0.15, -0.1) is 11.3 Å². The summed E-state index contributed by atoms with van der Waals surface area (Å²) >= 11 is 1.64. The van der Waals surface area contributed by atoms with Gasteiger partial charge in [0.05, 0.1) is 16.9 Å². The van der Waals surface area contributed by atoms with Crippen LogP contribution in [0.15, 0.2) is 35.7 Å². The normalized spacial score (nSPS) is 17.8. The maximum absolute atomic E-state index is 12.8. The Morgan fingerprint density at radius 1 is 1.19 bits per heavy atom. The molecule has 0 N–H and O–H groups in total. The summed E-state index contributed by atoms with van der Waals surface area (Å²) in [7, 11) is 0. The third-order valence-corrected chi connectivity index (χ3v) is 5.12. The number of amides is 1. The summed E-state index contributed by atoms with van der Waals surface area (Å²) in [6.07, 6.45) is 2.57. The van der Waals surface area contributed by atoms with Crippen molar-refractivity contribution >= 4 is 28.6 Å². The molecule has 1 aliphatic carbocycles. The molecule has 1 saturated carbocycles. The highest BCUT2D eigenvalue weighted by Gasteiger charge is 2.35. The number of fused-ring (bicyclic) bond motifs is 1. The zero-order chi connectivity index (χ0) is 14.4. The standard InChI is InChI=1S/C17H18N2OS/c1-12-10-13(11-21-12)17(20)19-9-8-18(14-6-7-14)15-4-2-3-5-16(15)19/h2-5,10-11,14H,6-9H2,1H3. The molecule has 4 rings (SSSR count). The smallest absolute Gasteiger partial charge is 0.259 e. The summed E-state index contributed by atoms with van der Waals surface area (Å²) in [5.41, 5.74) is 3.09. The number of aryl methyl sites for hydroxylation is 1. The Labute approximate surface area is 128 Å². The first-order valence-electron chi connectivity index (χ1n) is 7.47. The lowest BCUT2D eigenvalue weighted by Gasteiger charge is -2.37. The third kappa shape index (κ3) is 2.23. The quantitative estimate of drug-likeness (QED) is 0.844. The molecular formula is C17H18N2OS. The zero-order valence-electron chi connectivity index (χ0n) is 12.1. The fourth-order valence-electron chi connectivity index (χ4n) is 3.07. The first-order valence-corrected chi connectivity index (χ1v) is 8.34. The van der Waals surface area contributed by atoms with Crippen molar-refractivity contribution in [3.05, 3.63) is 46.2 Å². The second kappa shape index (κ2) is 4.88. The number of rotatable bonds is 2. The van der Waals surface area contributed by atoms with Crippen LogP contribution in [-0.4, -0.2) is 25.0 Å². The van der Waals surface area contributed by atoms with Crippen molar-refractivity contribution in [3.8, 4) is 0 Å². The molecule has 0 bridgehead atoms. The molecule has 3 nitrogen and oxygen atoms in total. The van der Waals surface area contributed by atoms with Gasteiger partial charge in [0, 0.05) is 29.4 Å². The summed E-state index contributed by atoms with van der Waals surface area (Å²) < 4.78 is 0. The average molecular weight is 298 g/mol. The molecule has 1 aliphatic heterocycles. The minimum absolute atomic E-state index is 0.127. The predicted octanol–water partition coefficient (Wildman–Crippen LogP) is 3.69. The topological polar surface area (TPSA) is 23.6 Å².